The summed E-state index contributed by atoms with van der Waals surface area (Å²) in [6.45, 7) is 0.532. The molecule has 1 aromatic heterocycles. The average Bonchev–Trinajstić information content (AvgIpc) is 2.37. The molecule has 0 bridgehead atoms. The number of fused-ring (bicyclic) bond motifs is 1. The Morgan fingerprint density at radius 1 is 1.05 bits per heavy atom. The molecule has 2 aromatic rings. The Balaban J connectivity index is 1.88. The van der Waals surface area contributed by atoms with Crippen molar-refractivity contribution in [2.75, 3.05) is 11.9 Å². The maximum atomic E-state index is 12.0. The van der Waals surface area contributed by atoms with E-state index in [1.54, 1.807) is 6.20 Å². The van der Waals surface area contributed by atoms with E-state index in [0.29, 0.717) is 13.0 Å². The lowest BCUT2D eigenvalue weighted by atomic mass is 10.2. The number of para-hydroxylation sites is 1. The Hall–Kier alpha value is -1.78. The number of halogens is 3. The van der Waals surface area contributed by atoms with Gasteiger partial charge in [0.1, 0.15) is 0 Å². The zero-order valence-corrected chi connectivity index (χ0v) is 10.4. The maximum Gasteiger partial charge on any atom is 0.389 e. The van der Waals surface area contributed by atoms with Gasteiger partial charge in [-0.15, -0.1) is 0 Å². The molecule has 0 atom stereocenters. The third-order valence-electron chi connectivity index (χ3n) is 2.85. The van der Waals surface area contributed by atoms with Crippen LogP contribution >= 0.6 is 0 Å². The molecular formula is C14H15F3N2. The molecular weight excluding hydrogens is 253 g/mol. The van der Waals surface area contributed by atoms with E-state index in [4.69, 9.17) is 0 Å². The van der Waals surface area contributed by atoms with E-state index in [9.17, 15) is 13.2 Å². The SMILES string of the molecule is FC(F)(F)CCCCNc1ccnc2ccccc12. The topological polar surface area (TPSA) is 24.9 Å². The Morgan fingerprint density at radius 3 is 2.63 bits per heavy atom. The van der Waals surface area contributed by atoms with Gasteiger partial charge in [0.05, 0.1) is 5.52 Å². The molecule has 2 rings (SSSR count). The van der Waals surface area contributed by atoms with Crippen molar-refractivity contribution >= 4 is 16.6 Å². The summed E-state index contributed by atoms with van der Waals surface area (Å²) in [6, 6.07) is 9.51. The smallest absolute Gasteiger partial charge is 0.384 e. The number of aromatic nitrogens is 1. The van der Waals surface area contributed by atoms with Crippen LogP contribution in [0.1, 0.15) is 19.3 Å². The summed E-state index contributed by atoms with van der Waals surface area (Å²) in [5.41, 5.74) is 1.79. The quantitative estimate of drug-likeness (QED) is 0.814. The minimum Gasteiger partial charge on any atom is -0.384 e. The van der Waals surface area contributed by atoms with Crippen molar-refractivity contribution in [2.24, 2.45) is 0 Å². The number of hydrogen-bond donors (Lipinski definition) is 1. The summed E-state index contributed by atoms with van der Waals surface area (Å²) in [6.07, 6.45) is -2.43. The molecule has 1 aromatic carbocycles. The lowest BCUT2D eigenvalue weighted by Crippen LogP contribution is -2.08. The highest BCUT2D eigenvalue weighted by Gasteiger charge is 2.25. The fourth-order valence-corrected chi connectivity index (χ4v) is 1.92. The van der Waals surface area contributed by atoms with E-state index >= 15 is 0 Å². The molecule has 0 saturated heterocycles. The number of benzene rings is 1. The van der Waals surface area contributed by atoms with E-state index in [1.165, 1.54) is 0 Å². The summed E-state index contributed by atoms with van der Waals surface area (Å²) in [5, 5.41) is 4.15. The second-order valence-electron chi connectivity index (χ2n) is 4.37. The molecule has 0 aliphatic carbocycles. The van der Waals surface area contributed by atoms with E-state index in [2.05, 4.69) is 10.3 Å². The molecule has 0 aliphatic rings. The molecule has 0 amide bonds. The van der Waals surface area contributed by atoms with Crippen molar-refractivity contribution < 1.29 is 13.2 Å². The predicted octanol–water partition coefficient (Wildman–Crippen LogP) is 4.38. The summed E-state index contributed by atoms with van der Waals surface area (Å²) in [4.78, 5) is 4.23. The van der Waals surface area contributed by atoms with Crippen LogP contribution < -0.4 is 5.32 Å². The number of hydrogen-bond acceptors (Lipinski definition) is 2. The number of unbranched alkanes of at least 4 members (excludes halogenated alkanes) is 1. The zero-order chi connectivity index (χ0) is 13.7. The number of nitrogens with one attached hydrogen (secondary N) is 1. The largest absolute Gasteiger partial charge is 0.389 e. The van der Waals surface area contributed by atoms with E-state index < -0.39 is 12.6 Å². The van der Waals surface area contributed by atoms with Gasteiger partial charge >= 0.3 is 6.18 Å². The van der Waals surface area contributed by atoms with Gasteiger partial charge in [-0.3, -0.25) is 4.98 Å². The number of nitrogens with zero attached hydrogens (tertiary/aromatic N) is 1. The second kappa shape index (κ2) is 5.91. The molecule has 0 unspecified atom stereocenters. The van der Waals surface area contributed by atoms with Gasteiger partial charge in [0, 0.05) is 30.2 Å². The van der Waals surface area contributed by atoms with Gasteiger partial charge < -0.3 is 5.32 Å². The first-order valence-electron chi connectivity index (χ1n) is 6.21. The standard InChI is InChI=1S/C14H15F3N2/c15-14(16,17)8-3-4-9-18-13-7-10-19-12-6-2-1-5-11(12)13/h1-2,5-7,10H,3-4,8-9H2,(H,18,19). The van der Waals surface area contributed by atoms with Crippen LogP contribution in [0.4, 0.5) is 18.9 Å². The number of pyridine rings is 1. The van der Waals surface area contributed by atoms with Gasteiger partial charge in [0.2, 0.25) is 0 Å². The minimum absolute atomic E-state index is 0.152. The molecule has 0 spiro atoms. The maximum absolute atomic E-state index is 12.0. The van der Waals surface area contributed by atoms with Gasteiger partial charge in [0.15, 0.2) is 0 Å². The fraction of sp³-hybridized carbons (Fsp3) is 0.357. The third kappa shape index (κ3) is 4.12. The molecule has 0 saturated carbocycles. The average molecular weight is 268 g/mol. The Bertz CT molecular complexity index is 532. The normalized spacial score (nSPS) is 11.7. The number of rotatable bonds is 5. The Labute approximate surface area is 109 Å². The first-order chi connectivity index (χ1) is 9.06. The van der Waals surface area contributed by atoms with Gasteiger partial charge in [-0.2, -0.15) is 13.2 Å². The molecule has 0 radical (unpaired) electrons. The Kier molecular flexibility index (Phi) is 4.24. The van der Waals surface area contributed by atoms with E-state index in [1.807, 2.05) is 30.3 Å². The Morgan fingerprint density at radius 2 is 1.84 bits per heavy atom. The van der Waals surface area contributed by atoms with E-state index in [0.717, 1.165) is 16.6 Å². The molecule has 2 nitrogen and oxygen atoms in total. The predicted molar refractivity (Wildman–Crippen MR) is 70.1 cm³/mol. The van der Waals surface area contributed by atoms with Crippen LogP contribution in [0, 0.1) is 0 Å². The molecule has 0 aliphatic heterocycles. The van der Waals surface area contributed by atoms with Crippen molar-refractivity contribution in [3.63, 3.8) is 0 Å². The fourth-order valence-electron chi connectivity index (χ4n) is 1.92. The van der Waals surface area contributed by atoms with Crippen molar-refractivity contribution in [3.8, 4) is 0 Å². The lowest BCUT2D eigenvalue weighted by molar-refractivity contribution is -0.135. The van der Waals surface area contributed by atoms with Crippen molar-refractivity contribution in [3.05, 3.63) is 36.5 Å². The molecule has 1 heterocycles. The molecule has 5 heteroatoms. The van der Waals surface area contributed by atoms with Crippen molar-refractivity contribution in [1.82, 2.24) is 4.98 Å². The van der Waals surface area contributed by atoms with Crippen molar-refractivity contribution in [2.45, 2.75) is 25.4 Å². The third-order valence-corrected chi connectivity index (χ3v) is 2.85. The lowest BCUT2D eigenvalue weighted by Gasteiger charge is -2.10. The van der Waals surface area contributed by atoms with Gasteiger partial charge in [-0.25, -0.2) is 0 Å². The summed E-state index contributed by atoms with van der Waals surface area (Å²) in [7, 11) is 0. The first-order valence-corrected chi connectivity index (χ1v) is 6.21. The van der Waals surface area contributed by atoms with Crippen LogP contribution in [0.15, 0.2) is 36.5 Å². The second-order valence-corrected chi connectivity index (χ2v) is 4.37. The first kappa shape index (κ1) is 13.6. The monoisotopic (exact) mass is 268 g/mol. The number of alkyl halides is 3. The van der Waals surface area contributed by atoms with Crippen LogP contribution in [-0.4, -0.2) is 17.7 Å². The molecule has 1 N–H and O–H groups in total. The summed E-state index contributed by atoms with van der Waals surface area (Å²) >= 11 is 0. The zero-order valence-electron chi connectivity index (χ0n) is 10.4. The van der Waals surface area contributed by atoms with Crippen LogP contribution in [0.5, 0.6) is 0 Å². The number of anilines is 1. The van der Waals surface area contributed by atoms with Crippen LogP contribution in [0.2, 0.25) is 0 Å². The van der Waals surface area contributed by atoms with Crippen LogP contribution in [0.3, 0.4) is 0 Å². The van der Waals surface area contributed by atoms with Crippen molar-refractivity contribution in [1.29, 1.82) is 0 Å². The van der Waals surface area contributed by atoms with E-state index in [-0.39, 0.29) is 6.42 Å². The molecule has 19 heavy (non-hydrogen) atoms. The summed E-state index contributed by atoms with van der Waals surface area (Å²) in [5.74, 6) is 0. The molecule has 102 valence electrons. The highest BCUT2D eigenvalue weighted by molar-refractivity contribution is 5.90. The van der Waals surface area contributed by atoms with Crippen LogP contribution in [-0.2, 0) is 0 Å². The highest BCUT2D eigenvalue weighted by atomic mass is 19.4. The van der Waals surface area contributed by atoms with Gasteiger partial charge in [-0.05, 0) is 25.0 Å². The summed E-state index contributed by atoms with van der Waals surface area (Å²) < 4.78 is 36.0. The van der Waals surface area contributed by atoms with Crippen LogP contribution in [0.25, 0.3) is 10.9 Å². The highest BCUT2D eigenvalue weighted by Crippen LogP contribution is 2.23. The minimum atomic E-state index is -4.05. The molecule has 0 fully saturated rings. The van der Waals surface area contributed by atoms with Gasteiger partial charge in [0.25, 0.3) is 0 Å². The van der Waals surface area contributed by atoms with Gasteiger partial charge in [-0.1, -0.05) is 18.2 Å².